The van der Waals surface area contributed by atoms with Gasteiger partial charge in [-0.15, -0.1) is 0 Å². The van der Waals surface area contributed by atoms with Gasteiger partial charge in [-0.25, -0.2) is 13.4 Å². The molecule has 0 spiro atoms. The topological polar surface area (TPSA) is 113 Å². The van der Waals surface area contributed by atoms with Gasteiger partial charge in [-0.3, -0.25) is 14.5 Å². The SMILES string of the molecule is COCCn1cnc2cc(N3CCN(S(=O)(=O)c4c(C)n[nH]c4C)CC3)ccc2c1=O. The van der Waals surface area contributed by atoms with Crippen LogP contribution in [-0.4, -0.2) is 72.4 Å². The fourth-order valence-electron chi connectivity index (χ4n) is 3.93. The van der Waals surface area contributed by atoms with E-state index < -0.39 is 10.0 Å². The van der Waals surface area contributed by atoms with E-state index in [1.807, 2.05) is 12.1 Å². The minimum absolute atomic E-state index is 0.102. The highest BCUT2D eigenvalue weighted by Crippen LogP contribution is 2.25. The first-order valence-electron chi connectivity index (χ1n) is 10.1. The number of anilines is 1. The maximum Gasteiger partial charge on any atom is 0.261 e. The van der Waals surface area contributed by atoms with Crippen molar-refractivity contribution < 1.29 is 13.2 Å². The number of sulfonamides is 1. The fourth-order valence-corrected chi connectivity index (χ4v) is 5.68. The van der Waals surface area contributed by atoms with Crippen LogP contribution in [0.4, 0.5) is 5.69 Å². The fraction of sp³-hybridized carbons (Fsp3) is 0.450. The first kappa shape index (κ1) is 21.5. The monoisotopic (exact) mass is 446 g/mol. The first-order chi connectivity index (χ1) is 14.8. The highest BCUT2D eigenvalue weighted by Gasteiger charge is 2.32. The number of nitrogens with one attached hydrogen (secondary N) is 1. The number of fused-ring (bicyclic) bond motifs is 1. The van der Waals surface area contributed by atoms with E-state index in [2.05, 4.69) is 20.1 Å². The van der Waals surface area contributed by atoms with Crippen LogP contribution in [0.3, 0.4) is 0 Å². The summed E-state index contributed by atoms with van der Waals surface area (Å²) in [4.78, 5) is 19.4. The quantitative estimate of drug-likeness (QED) is 0.598. The molecule has 0 amide bonds. The summed E-state index contributed by atoms with van der Waals surface area (Å²) in [7, 11) is -2.00. The van der Waals surface area contributed by atoms with Crippen molar-refractivity contribution in [1.82, 2.24) is 24.1 Å². The van der Waals surface area contributed by atoms with E-state index in [-0.39, 0.29) is 10.5 Å². The lowest BCUT2D eigenvalue weighted by atomic mass is 10.2. The number of aromatic amines is 1. The summed E-state index contributed by atoms with van der Waals surface area (Å²) in [5.41, 5.74) is 2.47. The second-order valence-electron chi connectivity index (χ2n) is 7.59. The van der Waals surface area contributed by atoms with Crippen molar-refractivity contribution in [3.05, 3.63) is 46.3 Å². The molecule has 0 unspecified atom stereocenters. The number of ether oxygens (including phenoxy) is 1. The zero-order valence-corrected chi connectivity index (χ0v) is 18.6. The van der Waals surface area contributed by atoms with Gasteiger partial charge in [0.05, 0.1) is 41.8 Å². The molecule has 1 fully saturated rings. The van der Waals surface area contributed by atoms with Crippen LogP contribution in [0.25, 0.3) is 10.9 Å². The number of piperazine rings is 1. The highest BCUT2D eigenvalue weighted by atomic mass is 32.2. The second kappa shape index (κ2) is 8.40. The number of aromatic nitrogens is 4. The van der Waals surface area contributed by atoms with Crippen molar-refractivity contribution in [3.63, 3.8) is 0 Å². The Labute approximate surface area is 180 Å². The summed E-state index contributed by atoms with van der Waals surface area (Å²) < 4.78 is 34.2. The van der Waals surface area contributed by atoms with Gasteiger partial charge in [-0.1, -0.05) is 0 Å². The van der Waals surface area contributed by atoms with Crippen molar-refractivity contribution in [3.8, 4) is 0 Å². The Morgan fingerprint density at radius 2 is 1.90 bits per heavy atom. The summed E-state index contributed by atoms with van der Waals surface area (Å²) in [5.74, 6) is 0. The Morgan fingerprint density at radius 1 is 1.16 bits per heavy atom. The molecular formula is C20H26N6O4S. The summed E-state index contributed by atoms with van der Waals surface area (Å²) in [5, 5.41) is 7.31. The summed E-state index contributed by atoms with van der Waals surface area (Å²) in [6.45, 7) is 6.14. The number of nitrogens with zero attached hydrogens (tertiary/aromatic N) is 5. The Hall–Kier alpha value is -2.76. The average Bonchev–Trinajstić information content (AvgIpc) is 3.12. The van der Waals surface area contributed by atoms with E-state index in [4.69, 9.17) is 4.74 Å². The van der Waals surface area contributed by atoms with E-state index in [1.165, 1.54) is 15.2 Å². The zero-order chi connectivity index (χ0) is 22.2. The molecule has 3 heterocycles. The number of hydrogen-bond acceptors (Lipinski definition) is 7. The number of H-pyrrole nitrogens is 1. The maximum absolute atomic E-state index is 13.0. The molecule has 0 bridgehead atoms. The van der Waals surface area contributed by atoms with Crippen molar-refractivity contribution in [2.24, 2.45) is 0 Å². The molecule has 0 radical (unpaired) electrons. The van der Waals surface area contributed by atoms with Gasteiger partial charge in [-0.05, 0) is 32.0 Å². The van der Waals surface area contributed by atoms with Crippen molar-refractivity contribution in [1.29, 1.82) is 0 Å². The van der Waals surface area contributed by atoms with Crippen LogP contribution in [0.1, 0.15) is 11.4 Å². The van der Waals surface area contributed by atoms with Crippen LogP contribution in [0.5, 0.6) is 0 Å². The van der Waals surface area contributed by atoms with Gasteiger partial charge in [0.25, 0.3) is 5.56 Å². The molecule has 1 aliphatic rings. The molecule has 166 valence electrons. The van der Waals surface area contributed by atoms with Crippen molar-refractivity contribution >= 4 is 26.6 Å². The van der Waals surface area contributed by atoms with Crippen molar-refractivity contribution in [2.45, 2.75) is 25.3 Å². The molecule has 11 heteroatoms. The number of hydrogen-bond donors (Lipinski definition) is 1. The number of methoxy groups -OCH3 is 1. The van der Waals surface area contributed by atoms with E-state index >= 15 is 0 Å². The number of rotatable bonds is 6. The van der Waals surface area contributed by atoms with E-state index in [0.29, 0.717) is 61.6 Å². The molecule has 3 aromatic rings. The molecule has 0 atom stereocenters. The van der Waals surface area contributed by atoms with Gasteiger partial charge in [0, 0.05) is 39.0 Å². The molecule has 0 aliphatic carbocycles. The smallest absolute Gasteiger partial charge is 0.261 e. The van der Waals surface area contributed by atoms with Gasteiger partial charge in [0.15, 0.2) is 0 Å². The molecule has 31 heavy (non-hydrogen) atoms. The normalized spacial score (nSPS) is 15.6. The predicted molar refractivity (Wildman–Crippen MR) is 117 cm³/mol. The highest BCUT2D eigenvalue weighted by molar-refractivity contribution is 7.89. The average molecular weight is 447 g/mol. The lowest BCUT2D eigenvalue weighted by Crippen LogP contribution is -2.48. The molecule has 1 aromatic carbocycles. The lowest BCUT2D eigenvalue weighted by molar-refractivity contribution is 0.186. The van der Waals surface area contributed by atoms with E-state index in [0.717, 1.165) is 5.69 Å². The Balaban J connectivity index is 1.52. The number of aryl methyl sites for hydroxylation is 2. The third kappa shape index (κ3) is 3.95. The molecular weight excluding hydrogens is 420 g/mol. The number of benzene rings is 1. The van der Waals surface area contributed by atoms with Crippen LogP contribution in [0.15, 0.2) is 34.2 Å². The van der Waals surface area contributed by atoms with E-state index in [9.17, 15) is 13.2 Å². The minimum Gasteiger partial charge on any atom is -0.383 e. The third-order valence-electron chi connectivity index (χ3n) is 5.61. The summed E-state index contributed by atoms with van der Waals surface area (Å²) in [6.07, 6.45) is 1.54. The Kier molecular flexibility index (Phi) is 5.82. The van der Waals surface area contributed by atoms with Crippen LogP contribution in [0.2, 0.25) is 0 Å². The molecule has 0 saturated carbocycles. The molecule has 1 aliphatic heterocycles. The standard InChI is InChI=1S/C20H26N6O4S/c1-14-19(15(2)23-22-14)31(28,29)26-8-6-24(7-9-26)16-4-5-17-18(12-16)21-13-25(20(17)27)10-11-30-3/h4-5,12-13H,6-11H2,1-3H3,(H,22,23). The van der Waals surface area contributed by atoms with Gasteiger partial charge in [-0.2, -0.15) is 9.40 Å². The van der Waals surface area contributed by atoms with Crippen LogP contribution < -0.4 is 10.5 Å². The predicted octanol–water partition coefficient (Wildman–Crippen LogP) is 0.894. The minimum atomic E-state index is -3.59. The molecule has 1 saturated heterocycles. The Bertz CT molecular complexity index is 1240. The second-order valence-corrected chi connectivity index (χ2v) is 9.47. The van der Waals surface area contributed by atoms with Crippen molar-refractivity contribution in [2.75, 3.05) is 44.8 Å². The van der Waals surface area contributed by atoms with Crippen LogP contribution in [0, 0.1) is 13.8 Å². The van der Waals surface area contributed by atoms with Crippen LogP contribution in [-0.2, 0) is 21.3 Å². The zero-order valence-electron chi connectivity index (χ0n) is 17.8. The lowest BCUT2D eigenvalue weighted by Gasteiger charge is -2.35. The van der Waals surface area contributed by atoms with Gasteiger partial charge >= 0.3 is 0 Å². The van der Waals surface area contributed by atoms with E-state index in [1.54, 1.807) is 27.0 Å². The van der Waals surface area contributed by atoms with Gasteiger partial charge in [0.1, 0.15) is 4.90 Å². The van der Waals surface area contributed by atoms with Gasteiger partial charge < -0.3 is 9.64 Å². The molecule has 10 nitrogen and oxygen atoms in total. The Morgan fingerprint density at radius 3 is 2.55 bits per heavy atom. The van der Waals surface area contributed by atoms with Crippen LogP contribution >= 0.6 is 0 Å². The molecule has 1 N–H and O–H groups in total. The summed E-state index contributed by atoms with van der Waals surface area (Å²) >= 11 is 0. The molecule has 4 rings (SSSR count). The third-order valence-corrected chi connectivity index (χ3v) is 7.77. The molecule has 2 aromatic heterocycles. The largest absolute Gasteiger partial charge is 0.383 e. The van der Waals surface area contributed by atoms with Gasteiger partial charge in [0.2, 0.25) is 10.0 Å². The maximum atomic E-state index is 13.0. The summed E-state index contributed by atoms with van der Waals surface area (Å²) in [6, 6.07) is 5.55. The first-order valence-corrected chi connectivity index (χ1v) is 11.5.